The van der Waals surface area contributed by atoms with Crippen LogP contribution in [0.3, 0.4) is 0 Å². The Kier molecular flexibility index (Phi) is 5.93. The van der Waals surface area contributed by atoms with Gasteiger partial charge in [-0.3, -0.25) is 0 Å². The van der Waals surface area contributed by atoms with E-state index in [9.17, 15) is 0 Å². The first kappa shape index (κ1) is 14.3. The minimum atomic E-state index is 0.369. The number of hydrogen-bond donors (Lipinski definition) is 2. The first-order chi connectivity index (χ1) is 8.85. The van der Waals surface area contributed by atoms with Crippen molar-refractivity contribution in [2.24, 2.45) is 11.8 Å². The van der Waals surface area contributed by atoms with Crippen molar-refractivity contribution in [2.75, 3.05) is 32.8 Å². The molecule has 0 aromatic carbocycles. The van der Waals surface area contributed by atoms with E-state index in [-0.39, 0.29) is 0 Å². The zero-order valence-corrected chi connectivity index (χ0v) is 11.9. The second-order valence-electron chi connectivity index (χ2n) is 6.07. The van der Waals surface area contributed by atoms with Crippen molar-refractivity contribution in [2.45, 2.75) is 51.5 Å². The summed E-state index contributed by atoms with van der Waals surface area (Å²) in [5.74, 6) is 1.63. The summed E-state index contributed by atoms with van der Waals surface area (Å²) in [4.78, 5) is 2.73. The Morgan fingerprint density at radius 2 is 2.06 bits per heavy atom. The fraction of sp³-hybridized carbons (Fsp3) is 1.00. The van der Waals surface area contributed by atoms with Gasteiger partial charge in [0.05, 0.1) is 0 Å². The molecular formula is C15H30N2O. The summed E-state index contributed by atoms with van der Waals surface area (Å²) >= 11 is 0. The Morgan fingerprint density at radius 1 is 1.28 bits per heavy atom. The highest BCUT2D eigenvalue weighted by atomic mass is 16.3. The topological polar surface area (TPSA) is 35.5 Å². The zero-order valence-electron chi connectivity index (χ0n) is 11.9. The van der Waals surface area contributed by atoms with Gasteiger partial charge in [-0.15, -0.1) is 0 Å². The van der Waals surface area contributed by atoms with Gasteiger partial charge >= 0.3 is 0 Å². The third-order valence-corrected chi connectivity index (χ3v) is 4.95. The first-order valence-electron chi connectivity index (χ1n) is 7.90. The summed E-state index contributed by atoms with van der Waals surface area (Å²) in [6, 6.07) is 0.785. The standard InChI is InChI=1S/C15H30N2O/c1-2-15(14-4-3-8-16-12-14)17-9-5-13(6-10-17)7-11-18/h13-16,18H,2-12H2,1H3. The smallest absolute Gasteiger partial charge is 0.0433 e. The number of nitrogens with one attached hydrogen (secondary N) is 1. The average Bonchev–Trinajstić information content (AvgIpc) is 2.43. The molecule has 0 aromatic heterocycles. The van der Waals surface area contributed by atoms with Crippen LogP contribution in [0.15, 0.2) is 0 Å². The van der Waals surface area contributed by atoms with Gasteiger partial charge in [-0.25, -0.2) is 0 Å². The molecule has 0 radical (unpaired) electrons. The second-order valence-corrected chi connectivity index (χ2v) is 6.07. The molecule has 2 aliphatic heterocycles. The van der Waals surface area contributed by atoms with Crippen molar-refractivity contribution in [3.05, 3.63) is 0 Å². The Labute approximate surface area is 112 Å². The normalized spacial score (nSPS) is 29.3. The van der Waals surface area contributed by atoms with Crippen molar-refractivity contribution in [1.82, 2.24) is 10.2 Å². The number of aliphatic hydroxyl groups is 1. The maximum Gasteiger partial charge on any atom is 0.0433 e. The maximum atomic E-state index is 9.02. The summed E-state index contributed by atoms with van der Waals surface area (Å²) < 4.78 is 0. The summed E-state index contributed by atoms with van der Waals surface area (Å²) in [7, 11) is 0. The van der Waals surface area contributed by atoms with Crippen LogP contribution in [0.5, 0.6) is 0 Å². The largest absolute Gasteiger partial charge is 0.396 e. The Bertz CT molecular complexity index is 221. The molecule has 3 heteroatoms. The highest BCUT2D eigenvalue weighted by Crippen LogP contribution is 2.27. The van der Waals surface area contributed by atoms with Crippen LogP contribution in [0.1, 0.15) is 45.4 Å². The van der Waals surface area contributed by atoms with E-state index in [4.69, 9.17) is 5.11 Å². The molecule has 0 saturated carbocycles. The van der Waals surface area contributed by atoms with Crippen molar-refractivity contribution < 1.29 is 5.11 Å². The Balaban J connectivity index is 1.81. The second kappa shape index (κ2) is 7.46. The lowest BCUT2D eigenvalue weighted by molar-refractivity contribution is 0.0747. The van der Waals surface area contributed by atoms with Crippen molar-refractivity contribution in [1.29, 1.82) is 0 Å². The van der Waals surface area contributed by atoms with Crippen molar-refractivity contribution in [3.63, 3.8) is 0 Å². The van der Waals surface area contributed by atoms with E-state index in [1.807, 2.05) is 0 Å². The molecule has 2 N–H and O–H groups in total. The van der Waals surface area contributed by atoms with Gasteiger partial charge in [-0.05, 0) is 76.5 Å². The van der Waals surface area contributed by atoms with Crippen LogP contribution in [-0.4, -0.2) is 48.8 Å². The van der Waals surface area contributed by atoms with E-state index >= 15 is 0 Å². The molecule has 2 aliphatic rings. The van der Waals surface area contributed by atoms with E-state index in [0.29, 0.717) is 6.61 Å². The fourth-order valence-electron chi connectivity index (χ4n) is 3.85. The van der Waals surface area contributed by atoms with Gasteiger partial charge in [0.2, 0.25) is 0 Å². The molecule has 106 valence electrons. The highest BCUT2D eigenvalue weighted by molar-refractivity contribution is 4.85. The lowest BCUT2D eigenvalue weighted by atomic mass is 9.86. The molecule has 2 unspecified atom stereocenters. The number of nitrogens with zero attached hydrogens (tertiary/aromatic N) is 1. The quantitative estimate of drug-likeness (QED) is 0.786. The van der Waals surface area contributed by atoms with Gasteiger partial charge in [-0.2, -0.15) is 0 Å². The summed E-state index contributed by atoms with van der Waals surface area (Å²) in [6.45, 7) is 7.65. The van der Waals surface area contributed by atoms with Crippen LogP contribution >= 0.6 is 0 Å². The minimum absolute atomic E-state index is 0.369. The molecule has 2 saturated heterocycles. The molecule has 2 atom stereocenters. The van der Waals surface area contributed by atoms with E-state index in [2.05, 4.69) is 17.1 Å². The van der Waals surface area contributed by atoms with Gasteiger partial charge in [0.25, 0.3) is 0 Å². The van der Waals surface area contributed by atoms with Gasteiger partial charge in [0.1, 0.15) is 0 Å². The highest BCUT2D eigenvalue weighted by Gasteiger charge is 2.30. The molecule has 0 aromatic rings. The molecule has 0 aliphatic carbocycles. The molecule has 0 spiro atoms. The third-order valence-electron chi connectivity index (χ3n) is 4.95. The number of likely N-dealkylation sites (tertiary alicyclic amines) is 1. The van der Waals surface area contributed by atoms with Crippen molar-refractivity contribution >= 4 is 0 Å². The predicted octanol–water partition coefficient (Wildman–Crippen LogP) is 1.86. The Morgan fingerprint density at radius 3 is 2.61 bits per heavy atom. The van der Waals surface area contributed by atoms with Crippen LogP contribution in [0.4, 0.5) is 0 Å². The lowest BCUT2D eigenvalue weighted by Crippen LogP contribution is -2.49. The number of piperidine rings is 2. The zero-order chi connectivity index (χ0) is 12.8. The van der Waals surface area contributed by atoms with Crippen LogP contribution in [0, 0.1) is 11.8 Å². The molecule has 3 nitrogen and oxygen atoms in total. The molecule has 0 amide bonds. The predicted molar refractivity (Wildman–Crippen MR) is 75.7 cm³/mol. The van der Waals surface area contributed by atoms with Crippen LogP contribution in [-0.2, 0) is 0 Å². The number of rotatable bonds is 5. The van der Waals surface area contributed by atoms with Gasteiger partial charge in [-0.1, -0.05) is 6.92 Å². The average molecular weight is 254 g/mol. The van der Waals surface area contributed by atoms with E-state index < -0.39 is 0 Å². The molecule has 0 bridgehead atoms. The molecular weight excluding hydrogens is 224 g/mol. The van der Waals surface area contributed by atoms with Crippen molar-refractivity contribution in [3.8, 4) is 0 Å². The number of aliphatic hydroxyl groups excluding tert-OH is 1. The summed E-state index contributed by atoms with van der Waals surface area (Å²) in [5, 5.41) is 12.6. The third kappa shape index (κ3) is 3.69. The van der Waals surface area contributed by atoms with Crippen LogP contribution in [0.25, 0.3) is 0 Å². The number of hydrogen-bond acceptors (Lipinski definition) is 3. The van der Waals surface area contributed by atoms with Gasteiger partial charge < -0.3 is 15.3 Å². The monoisotopic (exact) mass is 254 g/mol. The molecule has 2 fully saturated rings. The van der Waals surface area contributed by atoms with E-state index in [1.54, 1.807) is 0 Å². The van der Waals surface area contributed by atoms with E-state index in [0.717, 1.165) is 24.3 Å². The van der Waals surface area contributed by atoms with Gasteiger partial charge in [0.15, 0.2) is 0 Å². The molecule has 2 rings (SSSR count). The van der Waals surface area contributed by atoms with Gasteiger partial charge in [0, 0.05) is 12.6 Å². The first-order valence-corrected chi connectivity index (χ1v) is 7.90. The van der Waals surface area contributed by atoms with Crippen LogP contribution in [0.2, 0.25) is 0 Å². The maximum absolute atomic E-state index is 9.02. The fourth-order valence-corrected chi connectivity index (χ4v) is 3.85. The molecule has 18 heavy (non-hydrogen) atoms. The SMILES string of the molecule is CCC(C1CCCNC1)N1CCC(CCO)CC1. The van der Waals surface area contributed by atoms with Crippen LogP contribution < -0.4 is 5.32 Å². The summed E-state index contributed by atoms with van der Waals surface area (Å²) in [5.41, 5.74) is 0. The lowest BCUT2D eigenvalue weighted by Gasteiger charge is -2.42. The Hall–Kier alpha value is -0.120. The molecule has 2 heterocycles. The van der Waals surface area contributed by atoms with E-state index in [1.165, 1.54) is 58.3 Å². The minimum Gasteiger partial charge on any atom is -0.396 e. The summed E-state index contributed by atoms with van der Waals surface area (Å²) in [6.07, 6.45) is 7.63.